The van der Waals surface area contributed by atoms with E-state index in [1.807, 2.05) is 0 Å². The molecule has 2 N–H and O–H groups in total. The minimum Gasteiger partial charge on any atom is -0.340 e. The van der Waals surface area contributed by atoms with Crippen LogP contribution in [0.5, 0.6) is 0 Å². The topological polar surface area (TPSA) is 105 Å². The van der Waals surface area contributed by atoms with Gasteiger partial charge in [-0.05, 0) is 56.9 Å². The minimum atomic E-state index is -4.41. The minimum absolute atomic E-state index is 0.0282. The van der Waals surface area contributed by atoms with Crippen molar-refractivity contribution in [2.24, 2.45) is 0 Å². The number of rotatable bonds is 5. The van der Waals surface area contributed by atoms with Crippen LogP contribution in [0.4, 0.5) is 18.9 Å². The second-order valence-electron chi connectivity index (χ2n) is 9.15. The van der Waals surface area contributed by atoms with Gasteiger partial charge in [0.05, 0.1) is 34.4 Å². The number of aromatic nitrogens is 5. The summed E-state index contributed by atoms with van der Waals surface area (Å²) in [6.07, 6.45) is 7.96. The van der Waals surface area contributed by atoms with Gasteiger partial charge in [-0.25, -0.2) is 31.6 Å². The zero-order valence-corrected chi connectivity index (χ0v) is 20.9. The van der Waals surface area contributed by atoms with Crippen molar-refractivity contribution in [1.82, 2.24) is 24.3 Å². The Labute approximate surface area is 215 Å². The van der Waals surface area contributed by atoms with Crippen molar-refractivity contribution in [2.45, 2.75) is 37.5 Å². The largest absolute Gasteiger partial charge is 0.340 e. The Morgan fingerprint density at radius 1 is 1.05 bits per heavy atom. The van der Waals surface area contributed by atoms with Crippen molar-refractivity contribution in [1.29, 1.82) is 0 Å². The second kappa shape index (κ2) is 8.98. The molecule has 0 spiro atoms. The Morgan fingerprint density at radius 2 is 1.87 bits per heavy atom. The number of hydrogen-bond acceptors (Lipinski definition) is 5. The van der Waals surface area contributed by atoms with Crippen molar-refractivity contribution < 1.29 is 21.6 Å². The molecule has 8 nitrogen and oxygen atoms in total. The molecule has 5 aromatic rings. The van der Waals surface area contributed by atoms with Gasteiger partial charge in [0, 0.05) is 17.5 Å². The molecule has 0 saturated carbocycles. The van der Waals surface area contributed by atoms with E-state index in [9.17, 15) is 17.2 Å². The fourth-order valence-corrected chi connectivity index (χ4v) is 6.02. The van der Waals surface area contributed by atoms with Crippen LogP contribution < -0.4 is 4.72 Å². The van der Waals surface area contributed by atoms with E-state index >= 15 is 4.39 Å². The Morgan fingerprint density at radius 3 is 2.68 bits per heavy atom. The summed E-state index contributed by atoms with van der Waals surface area (Å²) in [5.74, 6) is -2.22. The van der Waals surface area contributed by atoms with Crippen molar-refractivity contribution in [3.05, 3.63) is 83.6 Å². The predicted molar refractivity (Wildman–Crippen MR) is 135 cm³/mol. The summed E-state index contributed by atoms with van der Waals surface area (Å²) < 4.78 is 73.5. The van der Waals surface area contributed by atoms with Gasteiger partial charge in [-0.15, -0.1) is 0 Å². The van der Waals surface area contributed by atoms with Crippen LogP contribution in [0, 0.1) is 24.4 Å². The third-order valence-electron chi connectivity index (χ3n) is 6.63. The van der Waals surface area contributed by atoms with Crippen LogP contribution in [0.15, 0.2) is 53.9 Å². The van der Waals surface area contributed by atoms with Crippen molar-refractivity contribution in [2.75, 3.05) is 4.72 Å². The average Bonchev–Trinajstić information content (AvgIpc) is 3.51. The van der Waals surface area contributed by atoms with Crippen LogP contribution in [0.1, 0.15) is 29.9 Å². The number of aromatic amines is 1. The number of imidazole rings is 2. The standard InChI is InChI=1S/C26H21F3N6O2S/c1-14-22(10-16(27)11-30-14)38(36,37)34-20-8-7-17(28)23(24(20)29)15-6-9-21-25(31-13-35(21)12-15)26-32-18-4-2-3-5-19(18)33-26/h6-13,34H,2-5H2,1H3,(H,32,33). The molecule has 6 rings (SSSR count). The molecule has 4 heterocycles. The SMILES string of the molecule is Cc1ncc(F)cc1S(=O)(=O)Nc1ccc(F)c(-c2ccc3c(-c4nc5c([nH]4)CCCC5)ncn3c2)c1F. The molecule has 0 saturated heterocycles. The number of halogens is 3. The summed E-state index contributed by atoms with van der Waals surface area (Å²) in [6.45, 7) is 1.38. The highest BCUT2D eigenvalue weighted by Crippen LogP contribution is 2.33. The van der Waals surface area contributed by atoms with Gasteiger partial charge < -0.3 is 9.38 Å². The number of fused-ring (bicyclic) bond motifs is 2. The molecule has 0 unspecified atom stereocenters. The first-order chi connectivity index (χ1) is 18.2. The molecule has 0 radical (unpaired) electrons. The molecule has 1 aliphatic rings. The van der Waals surface area contributed by atoms with Gasteiger partial charge >= 0.3 is 0 Å². The smallest absolute Gasteiger partial charge is 0.263 e. The Bertz CT molecular complexity index is 1810. The number of nitrogens with one attached hydrogen (secondary N) is 2. The molecule has 1 aliphatic carbocycles. The van der Waals surface area contributed by atoms with Gasteiger partial charge in [-0.2, -0.15) is 0 Å². The normalized spacial score (nSPS) is 13.6. The second-order valence-corrected chi connectivity index (χ2v) is 10.8. The third-order valence-corrected chi connectivity index (χ3v) is 8.11. The molecule has 0 aliphatic heterocycles. The Hall–Kier alpha value is -4.19. The lowest BCUT2D eigenvalue weighted by Crippen LogP contribution is -2.16. The monoisotopic (exact) mass is 538 g/mol. The Balaban J connectivity index is 1.37. The lowest BCUT2D eigenvalue weighted by Gasteiger charge is -2.14. The fraction of sp³-hybridized carbons (Fsp3) is 0.192. The zero-order chi connectivity index (χ0) is 26.6. The molecular formula is C26H21F3N6O2S. The predicted octanol–water partition coefficient (Wildman–Crippen LogP) is 5.19. The number of hydrogen-bond donors (Lipinski definition) is 2. The summed E-state index contributed by atoms with van der Waals surface area (Å²) in [5, 5.41) is 0. The number of sulfonamides is 1. The maximum atomic E-state index is 15.5. The van der Waals surface area contributed by atoms with Crippen LogP contribution >= 0.6 is 0 Å². The van der Waals surface area contributed by atoms with Crippen molar-refractivity contribution >= 4 is 21.2 Å². The van der Waals surface area contributed by atoms with E-state index in [2.05, 4.69) is 24.7 Å². The van der Waals surface area contributed by atoms with Gasteiger partial charge in [0.25, 0.3) is 10.0 Å². The van der Waals surface area contributed by atoms with Gasteiger partial charge in [0.1, 0.15) is 28.6 Å². The highest BCUT2D eigenvalue weighted by molar-refractivity contribution is 7.92. The summed E-state index contributed by atoms with van der Waals surface area (Å²) in [5.41, 5.74) is 2.73. The quantitative estimate of drug-likeness (QED) is 0.320. The summed E-state index contributed by atoms with van der Waals surface area (Å²) in [6, 6.07) is 5.93. The van der Waals surface area contributed by atoms with E-state index in [1.54, 1.807) is 10.5 Å². The van der Waals surface area contributed by atoms with Crippen LogP contribution in [0.25, 0.3) is 28.2 Å². The molecule has 194 valence electrons. The first-order valence-electron chi connectivity index (χ1n) is 11.9. The van der Waals surface area contributed by atoms with E-state index in [0.29, 0.717) is 17.0 Å². The van der Waals surface area contributed by atoms with E-state index in [4.69, 9.17) is 0 Å². The lowest BCUT2D eigenvalue weighted by molar-refractivity contribution is 0.584. The van der Waals surface area contributed by atoms with Crippen molar-refractivity contribution in [3.8, 4) is 22.6 Å². The summed E-state index contributed by atoms with van der Waals surface area (Å²) in [4.78, 5) is 15.7. The van der Waals surface area contributed by atoms with Gasteiger partial charge in [-0.3, -0.25) is 9.71 Å². The van der Waals surface area contributed by atoms with Crippen LogP contribution in [-0.4, -0.2) is 32.8 Å². The number of pyridine rings is 2. The highest BCUT2D eigenvalue weighted by Gasteiger charge is 2.24. The molecule has 12 heteroatoms. The average molecular weight is 539 g/mol. The number of benzene rings is 1. The summed E-state index contributed by atoms with van der Waals surface area (Å²) in [7, 11) is -4.41. The van der Waals surface area contributed by atoms with Gasteiger partial charge in [0.2, 0.25) is 0 Å². The first-order valence-corrected chi connectivity index (χ1v) is 13.4. The number of anilines is 1. The number of aryl methyl sites for hydroxylation is 3. The molecule has 0 bridgehead atoms. The third kappa shape index (κ3) is 4.10. The highest BCUT2D eigenvalue weighted by atomic mass is 32.2. The molecule has 0 amide bonds. The fourth-order valence-electron chi connectivity index (χ4n) is 4.75. The van der Waals surface area contributed by atoms with Crippen LogP contribution in [-0.2, 0) is 22.9 Å². The van der Waals surface area contributed by atoms with E-state index in [1.165, 1.54) is 25.5 Å². The molecular weight excluding hydrogens is 517 g/mol. The summed E-state index contributed by atoms with van der Waals surface area (Å²) >= 11 is 0. The molecule has 0 atom stereocenters. The van der Waals surface area contributed by atoms with E-state index in [-0.39, 0.29) is 11.3 Å². The van der Waals surface area contributed by atoms with Gasteiger partial charge in [-0.1, -0.05) is 6.07 Å². The zero-order valence-electron chi connectivity index (χ0n) is 20.1. The molecule has 0 fully saturated rings. The van der Waals surface area contributed by atoms with E-state index in [0.717, 1.165) is 61.5 Å². The number of nitrogens with zero attached hydrogens (tertiary/aromatic N) is 4. The maximum Gasteiger partial charge on any atom is 0.263 e. The first kappa shape index (κ1) is 24.2. The van der Waals surface area contributed by atoms with Gasteiger partial charge in [0.15, 0.2) is 11.6 Å². The maximum absolute atomic E-state index is 15.5. The van der Waals surface area contributed by atoms with E-state index < -0.39 is 43.6 Å². The molecule has 1 aromatic carbocycles. The lowest BCUT2D eigenvalue weighted by atomic mass is 10.0. The molecule has 4 aromatic heterocycles. The Kier molecular flexibility index (Phi) is 5.71. The van der Waals surface area contributed by atoms with Crippen LogP contribution in [0.3, 0.4) is 0 Å². The number of H-pyrrole nitrogens is 1. The molecule has 38 heavy (non-hydrogen) atoms. The van der Waals surface area contributed by atoms with Crippen molar-refractivity contribution in [3.63, 3.8) is 0 Å². The van der Waals surface area contributed by atoms with Crippen LogP contribution in [0.2, 0.25) is 0 Å².